The van der Waals surface area contributed by atoms with Crippen molar-refractivity contribution in [1.29, 1.82) is 0 Å². The largest absolute Gasteiger partial charge is 0.330 e. The maximum absolute atomic E-state index is 11.7. The molecule has 0 aliphatic heterocycles. The van der Waals surface area contributed by atoms with Crippen LogP contribution in [0.1, 0.15) is 12.0 Å². The Morgan fingerprint density at radius 3 is 2.88 bits per heavy atom. The summed E-state index contributed by atoms with van der Waals surface area (Å²) in [5.74, 6) is 0. The molecule has 0 aliphatic carbocycles. The number of nitrogens with two attached hydrogens (primary N) is 1. The van der Waals surface area contributed by atoms with E-state index in [1.807, 2.05) is 25.1 Å². The lowest BCUT2D eigenvalue weighted by atomic mass is 10.2. The van der Waals surface area contributed by atoms with Crippen molar-refractivity contribution in [3.63, 3.8) is 0 Å². The van der Waals surface area contributed by atoms with Crippen molar-refractivity contribution in [2.24, 2.45) is 5.73 Å². The molecule has 0 fully saturated rings. The van der Waals surface area contributed by atoms with Crippen molar-refractivity contribution in [2.75, 3.05) is 18.4 Å². The molecule has 1 aromatic carbocycles. The van der Waals surface area contributed by atoms with Gasteiger partial charge in [-0.1, -0.05) is 12.1 Å². The van der Waals surface area contributed by atoms with Gasteiger partial charge < -0.3 is 11.1 Å². The Hall–Kier alpha value is -1.88. The van der Waals surface area contributed by atoms with Crippen LogP contribution in [-0.2, 0) is 4.79 Å². The van der Waals surface area contributed by atoms with Gasteiger partial charge in [0.15, 0.2) is 0 Å². The van der Waals surface area contributed by atoms with Crippen LogP contribution in [0.25, 0.3) is 0 Å². The zero-order valence-corrected chi connectivity index (χ0v) is 9.85. The van der Waals surface area contributed by atoms with Crippen LogP contribution in [0, 0.1) is 6.92 Å². The minimum Gasteiger partial charge on any atom is -0.330 e. The smallest absolute Gasteiger partial charge is 0.328 e. The van der Waals surface area contributed by atoms with E-state index >= 15 is 0 Å². The predicted octanol–water partition coefficient (Wildman–Crippen LogP) is 1.33. The molecule has 0 bridgehead atoms. The van der Waals surface area contributed by atoms with E-state index < -0.39 is 6.03 Å². The number of rotatable bonds is 5. The van der Waals surface area contributed by atoms with Gasteiger partial charge in [0.25, 0.3) is 0 Å². The number of nitrogens with zero attached hydrogens (tertiary/aromatic N) is 1. The molecule has 0 saturated carbocycles. The first-order valence-electron chi connectivity index (χ1n) is 5.47. The average Bonchev–Trinajstić information content (AvgIpc) is 2.30. The quantitative estimate of drug-likeness (QED) is 0.756. The number of imide groups is 1. The summed E-state index contributed by atoms with van der Waals surface area (Å²) in [6.07, 6.45) is 1.11. The monoisotopic (exact) mass is 235 g/mol. The molecular formula is C12H17N3O2. The molecular weight excluding hydrogens is 218 g/mol. The normalized spacial score (nSPS) is 9.76. The molecule has 0 spiro atoms. The molecule has 0 atom stereocenters. The summed E-state index contributed by atoms with van der Waals surface area (Å²) in [7, 11) is 0. The van der Waals surface area contributed by atoms with Crippen molar-refractivity contribution in [3.05, 3.63) is 29.8 Å². The van der Waals surface area contributed by atoms with E-state index in [0.29, 0.717) is 31.6 Å². The Labute approximate surface area is 101 Å². The number of aryl methyl sites for hydroxylation is 1. The Balaban J connectivity index is 2.60. The van der Waals surface area contributed by atoms with Crippen LogP contribution in [0.3, 0.4) is 0 Å². The standard InChI is InChI=1S/C12H17N3O2/c1-10-4-2-5-11(8-10)14-12(17)15(9-16)7-3-6-13/h2,4-5,8-9H,3,6-7,13H2,1H3,(H,14,17). The van der Waals surface area contributed by atoms with Crippen LogP contribution >= 0.6 is 0 Å². The van der Waals surface area contributed by atoms with Crippen LogP contribution in [0.5, 0.6) is 0 Å². The third-order valence-corrected chi connectivity index (χ3v) is 2.26. The Bertz CT molecular complexity index is 393. The lowest BCUT2D eigenvalue weighted by molar-refractivity contribution is -0.115. The van der Waals surface area contributed by atoms with Gasteiger partial charge in [0, 0.05) is 12.2 Å². The molecule has 1 rings (SSSR count). The third-order valence-electron chi connectivity index (χ3n) is 2.26. The van der Waals surface area contributed by atoms with E-state index in [1.54, 1.807) is 6.07 Å². The number of hydrogen-bond acceptors (Lipinski definition) is 3. The highest BCUT2D eigenvalue weighted by molar-refractivity contribution is 5.95. The average molecular weight is 235 g/mol. The summed E-state index contributed by atoms with van der Waals surface area (Å²) < 4.78 is 0. The van der Waals surface area contributed by atoms with Crippen molar-refractivity contribution >= 4 is 18.1 Å². The Morgan fingerprint density at radius 2 is 2.29 bits per heavy atom. The summed E-state index contributed by atoms with van der Waals surface area (Å²) >= 11 is 0. The van der Waals surface area contributed by atoms with Gasteiger partial charge in [-0.3, -0.25) is 9.69 Å². The van der Waals surface area contributed by atoms with Gasteiger partial charge in [-0.25, -0.2) is 4.79 Å². The number of benzene rings is 1. The Kier molecular flexibility index (Phi) is 5.16. The van der Waals surface area contributed by atoms with Crippen LogP contribution in [0.4, 0.5) is 10.5 Å². The maximum atomic E-state index is 11.7. The molecule has 0 aromatic heterocycles. The van der Waals surface area contributed by atoms with Crippen LogP contribution < -0.4 is 11.1 Å². The zero-order valence-electron chi connectivity index (χ0n) is 9.85. The second kappa shape index (κ2) is 6.65. The fraction of sp³-hybridized carbons (Fsp3) is 0.333. The molecule has 92 valence electrons. The van der Waals surface area contributed by atoms with Gasteiger partial charge in [0.05, 0.1) is 0 Å². The van der Waals surface area contributed by atoms with Crippen molar-refractivity contribution in [1.82, 2.24) is 4.90 Å². The lowest BCUT2D eigenvalue weighted by Gasteiger charge is -2.15. The third kappa shape index (κ3) is 4.24. The van der Waals surface area contributed by atoms with Gasteiger partial charge in [-0.05, 0) is 37.6 Å². The molecule has 0 saturated heterocycles. The molecule has 0 heterocycles. The van der Waals surface area contributed by atoms with Gasteiger partial charge in [0.1, 0.15) is 0 Å². The molecule has 3 amide bonds. The first kappa shape index (κ1) is 13.2. The van der Waals surface area contributed by atoms with Gasteiger partial charge in [0.2, 0.25) is 6.41 Å². The summed E-state index contributed by atoms with van der Waals surface area (Å²) in [5, 5.41) is 2.66. The first-order valence-corrected chi connectivity index (χ1v) is 5.47. The lowest BCUT2D eigenvalue weighted by Crippen LogP contribution is -2.35. The highest BCUT2D eigenvalue weighted by Gasteiger charge is 2.11. The number of hydrogen-bond donors (Lipinski definition) is 2. The minimum atomic E-state index is -0.431. The predicted molar refractivity (Wildman–Crippen MR) is 66.6 cm³/mol. The number of urea groups is 1. The molecule has 0 radical (unpaired) electrons. The number of carbonyl (C=O) groups excluding carboxylic acids is 2. The second-order valence-corrected chi connectivity index (χ2v) is 3.74. The topological polar surface area (TPSA) is 75.4 Å². The van der Waals surface area contributed by atoms with Gasteiger partial charge >= 0.3 is 6.03 Å². The first-order chi connectivity index (χ1) is 8.17. The van der Waals surface area contributed by atoms with Crippen molar-refractivity contribution < 1.29 is 9.59 Å². The van der Waals surface area contributed by atoms with E-state index in [2.05, 4.69) is 5.32 Å². The van der Waals surface area contributed by atoms with E-state index in [1.165, 1.54) is 0 Å². The highest BCUT2D eigenvalue weighted by Crippen LogP contribution is 2.10. The van der Waals surface area contributed by atoms with E-state index in [0.717, 1.165) is 10.5 Å². The molecule has 1 aromatic rings. The Morgan fingerprint density at radius 1 is 1.53 bits per heavy atom. The van der Waals surface area contributed by atoms with Gasteiger partial charge in [-0.2, -0.15) is 0 Å². The number of carbonyl (C=O) groups is 2. The summed E-state index contributed by atoms with van der Waals surface area (Å²) in [6, 6.07) is 6.96. The number of anilines is 1. The van der Waals surface area contributed by atoms with Crippen LogP contribution in [-0.4, -0.2) is 30.4 Å². The minimum absolute atomic E-state index is 0.331. The molecule has 0 unspecified atom stereocenters. The fourth-order valence-electron chi connectivity index (χ4n) is 1.38. The summed E-state index contributed by atoms with van der Waals surface area (Å²) in [5.41, 5.74) is 7.05. The van der Waals surface area contributed by atoms with Crippen molar-refractivity contribution in [2.45, 2.75) is 13.3 Å². The fourth-order valence-corrected chi connectivity index (χ4v) is 1.38. The van der Waals surface area contributed by atoms with Crippen LogP contribution in [0.15, 0.2) is 24.3 Å². The molecule has 5 nitrogen and oxygen atoms in total. The van der Waals surface area contributed by atoms with Crippen LogP contribution in [0.2, 0.25) is 0 Å². The highest BCUT2D eigenvalue weighted by atomic mass is 16.2. The van der Waals surface area contributed by atoms with Gasteiger partial charge in [-0.15, -0.1) is 0 Å². The molecule has 0 aliphatic rings. The zero-order chi connectivity index (χ0) is 12.7. The molecule has 17 heavy (non-hydrogen) atoms. The van der Waals surface area contributed by atoms with E-state index in [-0.39, 0.29) is 0 Å². The second-order valence-electron chi connectivity index (χ2n) is 3.74. The van der Waals surface area contributed by atoms with E-state index in [9.17, 15) is 9.59 Å². The number of nitrogens with one attached hydrogen (secondary N) is 1. The summed E-state index contributed by atoms with van der Waals surface area (Å²) in [6.45, 7) is 2.71. The molecule has 5 heteroatoms. The SMILES string of the molecule is Cc1cccc(NC(=O)N(C=O)CCCN)c1. The summed E-state index contributed by atoms with van der Waals surface area (Å²) in [4.78, 5) is 23.5. The molecule has 3 N–H and O–H groups in total. The van der Waals surface area contributed by atoms with E-state index in [4.69, 9.17) is 5.73 Å². The maximum Gasteiger partial charge on any atom is 0.328 e. The number of amides is 3. The van der Waals surface area contributed by atoms with Crippen molar-refractivity contribution in [3.8, 4) is 0 Å².